The Balaban J connectivity index is 0.00000514. The zero-order chi connectivity index (χ0) is 41.7. The van der Waals surface area contributed by atoms with E-state index in [4.69, 9.17) is 9.97 Å². The van der Waals surface area contributed by atoms with Crippen molar-refractivity contribution < 1.29 is 59.1 Å². The summed E-state index contributed by atoms with van der Waals surface area (Å²) in [6, 6.07) is 35.1. The Bertz CT molecular complexity index is 3180. The first-order chi connectivity index (χ1) is 29.0. The Labute approximate surface area is 358 Å². The van der Waals surface area contributed by atoms with E-state index in [0.29, 0.717) is 78.3 Å². The molecule has 3 aromatic heterocycles. The molecule has 2 aliphatic heterocycles. The van der Waals surface area contributed by atoms with Crippen LogP contribution in [0.5, 0.6) is 0 Å². The summed E-state index contributed by atoms with van der Waals surface area (Å²) in [5.41, 5.74) is 10.2. The third kappa shape index (κ3) is 7.69. The molecule has 4 aromatic carbocycles. The number of H-pyrrole nitrogens is 2. The minimum atomic E-state index is -1.11. The summed E-state index contributed by atoms with van der Waals surface area (Å²) < 4.78 is 0. The Morgan fingerprint density at radius 1 is 0.426 bits per heavy atom. The topological polar surface area (TPSA) is 207 Å². The van der Waals surface area contributed by atoms with Crippen LogP contribution in [-0.4, -0.2) is 64.2 Å². The summed E-state index contributed by atoms with van der Waals surface area (Å²) >= 11 is 0. The molecule has 8 bridgehead atoms. The van der Waals surface area contributed by atoms with E-state index in [1.807, 2.05) is 48.6 Å². The summed E-state index contributed by atoms with van der Waals surface area (Å²) in [5.74, 6) is -4.39. The molecule has 0 atom stereocenters. The smallest absolute Gasteiger partial charge is 0.478 e. The van der Waals surface area contributed by atoms with Crippen LogP contribution in [-0.2, 0) is 19.5 Å². The summed E-state index contributed by atoms with van der Waals surface area (Å²) in [6.07, 6.45) is 5.66. The summed E-state index contributed by atoms with van der Waals surface area (Å²) in [7, 11) is 0. The maximum Gasteiger partial charge on any atom is 2.00 e. The van der Waals surface area contributed by atoms with E-state index in [-0.39, 0.29) is 41.7 Å². The molecule has 9 rings (SSSR count). The predicted molar refractivity (Wildman–Crippen MR) is 227 cm³/mol. The molecule has 290 valence electrons. The van der Waals surface area contributed by atoms with Crippen molar-refractivity contribution in [3.8, 4) is 33.4 Å². The molecule has 0 saturated heterocycles. The molecule has 0 unspecified atom stereocenters. The molecule has 2 aliphatic rings. The van der Waals surface area contributed by atoms with Gasteiger partial charge in [0.1, 0.15) is 0 Å². The number of aromatic carboxylic acids is 4. The molecule has 61 heavy (non-hydrogen) atoms. The van der Waals surface area contributed by atoms with Gasteiger partial charge in [0.05, 0.1) is 50.5 Å². The van der Waals surface area contributed by atoms with Crippen LogP contribution in [0.2, 0.25) is 0 Å². The van der Waals surface area contributed by atoms with Crippen molar-refractivity contribution in [1.82, 2.24) is 19.9 Å². The molecule has 0 spiro atoms. The number of benzene rings is 4. The zero-order valence-corrected chi connectivity index (χ0v) is 34.8. The van der Waals surface area contributed by atoms with Gasteiger partial charge in [-0.2, -0.15) is 0 Å². The second-order valence-electron chi connectivity index (χ2n) is 14.1. The van der Waals surface area contributed by atoms with E-state index in [1.165, 1.54) is 48.5 Å². The molecule has 12 nitrogen and oxygen atoms in total. The number of nitrogens with zero attached hydrogens (tertiary/aromatic N) is 2. The van der Waals surface area contributed by atoms with Gasteiger partial charge in [0.25, 0.3) is 0 Å². The fourth-order valence-corrected chi connectivity index (χ4v) is 7.48. The van der Waals surface area contributed by atoms with Gasteiger partial charge in [0, 0.05) is 38.8 Å². The molecule has 0 fully saturated rings. The van der Waals surface area contributed by atoms with Crippen molar-refractivity contribution in [3.63, 3.8) is 0 Å². The SMILES string of the molecule is O=C(O)c1ccc(C2=Cc3cc4ccc(cc5nc(cc6[nH]c(c(-c7ccc(C(=O)O)cc7)c2n3)c(-c2ccc(C(=O)O)cc2)c6-c2ccc(C(=O)O)cc2)C=C5)[nH]4)cc1.[Zn+2]. The van der Waals surface area contributed by atoms with Crippen molar-refractivity contribution in [3.05, 3.63) is 178 Å². The molecular weight excluding hydrogens is 826 g/mol. The Morgan fingerprint density at radius 2 is 0.836 bits per heavy atom. The molecule has 7 aromatic rings. The zero-order valence-electron chi connectivity index (χ0n) is 31.9. The van der Waals surface area contributed by atoms with E-state index in [0.717, 1.165) is 11.0 Å². The van der Waals surface area contributed by atoms with Gasteiger partial charge in [-0.25, -0.2) is 29.1 Å². The van der Waals surface area contributed by atoms with Gasteiger partial charge in [0.15, 0.2) is 0 Å². The molecule has 5 heterocycles. The third-order valence-corrected chi connectivity index (χ3v) is 10.3. The number of aromatic nitrogens is 4. The average Bonchev–Trinajstić information content (AvgIpc) is 4.06. The van der Waals surface area contributed by atoms with E-state index in [9.17, 15) is 39.6 Å². The van der Waals surface area contributed by atoms with E-state index in [1.54, 1.807) is 48.5 Å². The normalized spacial score (nSPS) is 11.7. The van der Waals surface area contributed by atoms with Crippen molar-refractivity contribution in [2.24, 2.45) is 0 Å². The van der Waals surface area contributed by atoms with Gasteiger partial charge in [-0.3, -0.25) is 0 Å². The second-order valence-corrected chi connectivity index (χ2v) is 14.1. The molecule has 0 saturated carbocycles. The minimum Gasteiger partial charge on any atom is -0.478 e. The van der Waals surface area contributed by atoms with Crippen LogP contribution >= 0.6 is 0 Å². The fraction of sp³-hybridized carbons (Fsp3) is 0. The Kier molecular flexibility index (Phi) is 10.4. The van der Waals surface area contributed by atoms with Gasteiger partial charge in [0.2, 0.25) is 0 Å². The van der Waals surface area contributed by atoms with Crippen LogP contribution in [0.3, 0.4) is 0 Å². The summed E-state index contributed by atoms with van der Waals surface area (Å²) in [4.78, 5) is 65.2. The maximum atomic E-state index is 12.1. The number of rotatable bonds is 8. The first kappa shape index (κ1) is 39.8. The Hall–Kier alpha value is -8.02. The van der Waals surface area contributed by atoms with Crippen molar-refractivity contribution in [2.45, 2.75) is 0 Å². The van der Waals surface area contributed by atoms with Gasteiger partial charge in [-0.05, 0) is 119 Å². The average molecular weight is 856 g/mol. The van der Waals surface area contributed by atoms with E-state index in [2.05, 4.69) is 9.97 Å². The van der Waals surface area contributed by atoms with Gasteiger partial charge in [-0.1, -0.05) is 48.5 Å². The molecule has 0 radical (unpaired) electrons. The molecule has 0 aliphatic carbocycles. The summed E-state index contributed by atoms with van der Waals surface area (Å²) in [6.45, 7) is 0. The maximum absolute atomic E-state index is 12.1. The number of carboxylic acids is 4. The van der Waals surface area contributed by atoms with Crippen LogP contribution < -0.4 is 0 Å². The minimum absolute atomic E-state index is 0. The molecule has 6 N–H and O–H groups in total. The van der Waals surface area contributed by atoms with Crippen LogP contribution in [0.15, 0.2) is 127 Å². The monoisotopic (exact) mass is 854 g/mol. The first-order valence-corrected chi connectivity index (χ1v) is 18.5. The number of nitrogens with one attached hydrogen (secondary N) is 2. The van der Waals surface area contributed by atoms with Crippen LogP contribution in [0.25, 0.3) is 79.2 Å². The van der Waals surface area contributed by atoms with Gasteiger partial charge >= 0.3 is 43.4 Å². The molecule has 0 amide bonds. The van der Waals surface area contributed by atoms with E-state index < -0.39 is 23.9 Å². The van der Waals surface area contributed by atoms with Crippen molar-refractivity contribution >= 4 is 69.7 Å². The third-order valence-electron chi connectivity index (χ3n) is 10.3. The molecular formula is C48H30N4O8Zn+2. The van der Waals surface area contributed by atoms with Crippen LogP contribution in [0.4, 0.5) is 0 Å². The standard InChI is InChI=1S/C48H30N4O8.Zn/c53-45(54)29-9-1-25(2-10-29)38-23-37-22-35-18-17-33(49-35)21-34-19-20-36(50-34)24-39-40(26-3-11-30(12-4-26)46(55)56)41(27-5-13-31(14-6-27)47(57)58)44(52-39)42(43(38)51-37)28-7-15-32(16-8-28)48(59)60;/h1-24,49,52H,(H,53,54)(H,55,56)(H,57,58)(H,59,60);/q;+2. The van der Waals surface area contributed by atoms with Gasteiger partial charge in [-0.15, -0.1) is 0 Å². The van der Waals surface area contributed by atoms with E-state index >= 15 is 0 Å². The van der Waals surface area contributed by atoms with Crippen molar-refractivity contribution in [2.75, 3.05) is 0 Å². The number of carboxylic acid groups (broad SMARTS) is 4. The second kappa shape index (κ2) is 16.0. The number of hydrogen-bond acceptors (Lipinski definition) is 6. The number of aromatic amines is 2. The fourth-order valence-electron chi connectivity index (χ4n) is 7.48. The largest absolute Gasteiger partial charge is 2.00 e. The Morgan fingerprint density at radius 3 is 1.31 bits per heavy atom. The number of hydrogen-bond donors (Lipinski definition) is 6. The first-order valence-electron chi connectivity index (χ1n) is 18.5. The predicted octanol–water partition coefficient (Wildman–Crippen LogP) is 9.87. The number of fused-ring (bicyclic) bond motifs is 8. The van der Waals surface area contributed by atoms with Crippen LogP contribution in [0.1, 0.15) is 69.8 Å². The molecule has 13 heteroatoms. The number of carbonyl (C=O) groups is 4. The van der Waals surface area contributed by atoms with Crippen molar-refractivity contribution in [1.29, 1.82) is 0 Å². The van der Waals surface area contributed by atoms with Gasteiger partial charge < -0.3 is 30.4 Å². The summed E-state index contributed by atoms with van der Waals surface area (Å²) in [5, 5.41) is 39.2. The van der Waals surface area contributed by atoms with Crippen LogP contribution in [0, 0.1) is 0 Å². The quantitative estimate of drug-likeness (QED) is 0.0798.